The van der Waals surface area contributed by atoms with Crippen LogP contribution in [0, 0.1) is 0 Å². The van der Waals surface area contributed by atoms with Gasteiger partial charge in [-0.05, 0) is 36.4 Å². The smallest absolute Gasteiger partial charge is 0.382 e. The summed E-state index contributed by atoms with van der Waals surface area (Å²) in [6.45, 7) is 0. The van der Waals surface area contributed by atoms with Gasteiger partial charge in [-0.25, -0.2) is 19.2 Å². The molecule has 0 fully saturated rings. The van der Waals surface area contributed by atoms with E-state index in [0.29, 0.717) is 7.11 Å². The van der Waals surface area contributed by atoms with Crippen molar-refractivity contribution in [3.05, 3.63) is 108 Å². The zero-order chi connectivity index (χ0) is 28.6. The molecular weight excluding hydrogens is 516 g/mol. The summed E-state index contributed by atoms with van der Waals surface area (Å²) in [4.78, 5) is 50.5. The van der Waals surface area contributed by atoms with E-state index in [2.05, 4.69) is 9.47 Å². The molecule has 0 saturated heterocycles. The van der Waals surface area contributed by atoms with Gasteiger partial charge in [0.15, 0.2) is 6.10 Å². The topological polar surface area (TPSA) is 186 Å². The summed E-state index contributed by atoms with van der Waals surface area (Å²) in [5.74, 6) is -13.7. The molecule has 3 aromatic rings. The van der Waals surface area contributed by atoms with E-state index in [4.69, 9.17) is 9.47 Å². The van der Waals surface area contributed by atoms with Crippen LogP contribution in [0.2, 0.25) is 0 Å². The minimum absolute atomic E-state index is 0.0801. The second-order valence-electron chi connectivity index (χ2n) is 7.95. The molecule has 0 heterocycles. The largest absolute Gasteiger partial charge is 0.429 e. The van der Waals surface area contributed by atoms with Gasteiger partial charge in [-0.2, -0.15) is 0 Å². The van der Waals surface area contributed by atoms with Crippen molar-refractivity contribution < 1.29 is 58.6 Å². The summed E-state index contributed by atoms with van der Waals surface area (Å²) in [5.41, 5.74) is -0.457. The number of methoxy groups -OCH3 is 1. The van der Waals surface area contributed by atoms with Gasteiger partial charge >= 0.3 is 35.5 Å². The Hall–Kier alpha value is -4.46. The highest BCUT2D eigenvalue weighted by atomic mass is 16.8. The molecule has 0 aliphatic heterocycles. The molecule has 0 radical (unpaired) electrons. The van der Waals surface area contributed by atoms with Crippen molar-refractivity contribution in [2.45, 2.75) is 24.0 Å². The summed E-state index contributed by atoms with van der Waals surface area (Å²) in [6.07, 6.45) is -5.67. The van der Waals surface area contributed by atoms with Gasteiger partial charge in [0.2, 0.25) is 6.29 Å². The molecule has 0 bridgehead atoms. The third-order valence-corrected chi connectivity index (χ3v) is 5.42. The molecule has 0 amide bonds. The number of benzene rings is 3. The average molecular weight is 540 g/mol. The number of hydrogen-bond donors (Lipinski definition) is 4. The molecule has 204 valence electrons. The number of esters is 4. The highest BCUT2D eigenvalue weighted by Crippen LogP contribution is 2.33. The zero-order valence-corrected chi connectivity index (χ0v) is 20.4. The van der Waals surface area contributed by atoms with Crippen LogP contribution in [0.25, 0.3) is 0 Å². The van der Waals surface area contributed by atoms with Crippen LogP contribution in [0.1, 0.15) is 31.1 Å². The Labute approximate surface area is 221 Å². The first-order valence-corrected chi connectivity index (χ1v) is 11.3. The highest BCUT2D eigenvalue weighted by Gasteiger charge is 2.67. The predicted molar refractivity (Wildman–Crippen MR) is 130 cm³/mol. The summed E-state index contributed by atoms with van der Waals surface area (Å²) in [5, 5.41) is 43.6. The van der Waals surface area contributed by atoms with Crippen molar-refractivity contribution in [2.24, 2.45) is 0 Å². The van der Waals surface area contributed by atoms with E-state index >= 15 is 0 Å². The van der Waals surface area contributed by atoms with E-state index in [1.165, 1.54) is 72.8 Å². The van der Waals surface area contributed by atoms with E-state index in [-0.39, 0.29) is 16.7 Å². The quantitative estimate of drug-likeness (QED) is 0.123. The molecule has 4 atom stereocenters. The Morgan fingerprint density at radius 2 is 1.08 bits per heavy atom. The summed E-state index contributed by atoms with van der Waals surface area (Å²) in [6, 6.07) is 21.0. The SMILES string of the molecule is COC(O)(C(=O)OC(=O)c1ccccc1)C(O)(OC(=O)c1ccccc1)C(O)C(O)OC(=O)c1ccccc1. The minimum Gasteiger partial charge on any atom is -0.429 e. The molecule has 0 saturated carbocycles. The monoisotopic (exact) mass is 540 g/mol. The van der Waals surface area contributed by atoms with Crippen molar-refractivity contribution in [3.8, 4) is 0 Å². The molecule has 39 heavy (non-hydrogen) atoms. The van der Waals surface area contributed by atoms with E-state index in [1.807, 2.05) is 0 Å². The Bertz CT molecular complexity index is 1300. The van der Waals surface area contributed by atoms with Crippen LogP contribution in [0.4, 0.5) is 0 Å². The second-order valence-corrected chi connectivity index (χ2v) is 7.95. The van der Waals surface area contributed by atoms with Crippen LogP contribution < -0.4 is 0 Å². The molecule has 0 aliphatic carbocycles. The maximum atomic E-state index is 12.9. The summed E-state index contributed by atoms with van der Waals surface area (Å²) < 4.78 is 18.9. The Balaban J connectivity index is 1.97. The van der Waals surface area contributed by atoms with Crippen LogP contribution in [0.3, 0.4) is 0 Å². The first-order valence-electron chi connectivity index (χ1n) is 11.3. The van der Waals surface area contributed by atoms with Crippen molar-refractivity contribution >= 4 is 23.9 Å². The number of carbonyl (C=O) groups is 4. The second kappa shape index (κ2) is 12.4. The van der Waals surface area contributed by atoms with E-state index in [9.17, 15) is 39.6 Å². The lowest BCUT2D eigenvalue weighted by Crippen LogP contribution is -2.71. The number of aliphatic hydroxyl groups is 4. The molecule has 0 spiro atoms. The van der Waals surface area contributed by atoms with Crippen molar-refractivity contribution in [2.75, 3.05) is 7.11 Å². The summed E-state index contributed by atoms with van der Waals surface area (Å²) >= 11 is 0. The fourth-order valence-electron chi connectivity index (χ4n) is 3.28. The average Bonchev–Trinajstić information content (AvgIpc) is 2.97. The van der Waals surface area contributed by atoms with Gasteiger partial charge in [0, 0.05) is 7.11 Å². The molecule has 12 heteroatoms. The van der Waals surface area contributed by atoms with E-state index in [0.717, 1.165) is 0 Å². The van der Waals surface area contributed by atoms with Gasteiger partial charge in [-0.15, -0.1) is 0 Å². The number of rotatable bonds is 10. The van der Waals surface area contributed by atoms with Gasteiger partial charge in [0.05, 0.1) is 16.7 Å². The van der Waals surface area contributed by atoms with Gasteiger partial charge in [-0.1, -0.05) is 54.6 Å². The third kappa shape index (κ3) is 6.34. The van der Waals surface area contributed by atoms with Crippen molar-refractivity contribution in [3.63, 3.8) is 0 Å². The predicted octanol–water partition coefficient (Wildman–Crippen LogP) is 0.787. The maximum absolute atomic E-state index is 12.9. The fourth-order valence-corrected chi connectivity index (χ4v) is 3.28. The van der Waals surface area contributed by atoms with Crippen LogP contribution in [0.5, 0.6) is 0 Å². The molecule has 4 unspecified atom stereocenters. The van der Waals surface area contributed by atoms with E-state index in [1.54, 1.807) is 18.2 Å². The molecule has 12 nitrogen and oxygen atoms in total. The molecule has 3 rings (SSSR count). The molecular formula is C27H24O12. The number of aliphatic hydroxyl groups excluding tert-OH is 2. The first-order chi connectivity index (χ1) is 18.5. The Morgan fingerprint density at radius 1 is 0.667 bits per heavy atom. The third-order valence-electron chi connectivity index (χ3n) is 5.42. The van der Waals surface area contributed by atoms with Crippen LogP contribution in [0.15, 0.2) is 91.0 Å². The molecule has 3 aromatic carbocycles. The number of carbonyl (C=O) groups excluding carboxylic acids is 4. The van der Waals surface area contributed by atoms with Crippen LogP contribution in [-0.4, -0.2) is 75.4 Å². The Kier molecular flexibility index (Phi) is 9.24. The van der Waals surface area contributed by atoms with Gasteiger partial charge in [0.1, 0.15) is 0 Å². The van der Waals surface area contributed by atoms with Crippen LogP contribution in [-0.2, 0) is 23.7 Å². The standard InChI is InChI=1S/C27H24O12/c1-36-27(35,25(33)38-22(30)18-13-7-3-8-14-18)26(34,39-23(31)19-15-9-4-10-16-19)20(28)24(32)37-21(29)17-11-5-2-6-12-17/h2-16,20,24,28,32,34-35H,1H3. The summed E-state index contributed by atoms with van der Waals surface area (Å²) in [7, 11) is 0.644. The fraction of sp³-hybridized carbons (Fsp3) is 0.185. The van der Waals surface area contributed by atoms with Crippen molar-refractivity contribution in [1.29, 1.82) is 0 Å². The molecule has 0 aliphatic rings. The lowest BCUT2D eigenvalue weighted by molar-refractivity contribution is -0.390. The zero-order valence-electron chi connectivity index (χ0n) is 20.4. The number of ether oxygens (including phenoxy) is 4. The van der Waals surface area contributed by atoms with Gasteiger partial charge < -0.3 is 39.4 Å². The maximum Gasteiger partial charge on any atom is 0.382 e. The van der Waals surface area contributed by atoms with Gasteiger partial charge in [-0.3, -0.25) is 0 Å². The molecule has 4 N–H and O–H groups in total. The lowest BCUT2D eigenvalue weighted by Gasteiger charge is -2.41. The highest BCUT2D eigenvalue weighted by molar-refractivity contribution is 5.99. The Morgan fingerprint density at radius 3 is 1.51 bits per heavy atom. The van der Waals surface area contributed by atoms with Gasteiger partial charge in [0.25, 0.3) is 0 Å². The normalized spacial score (nSPS) is 15.5. The first kappa shape index (κ1) is 29.1. The minimum atomic E-state index is -3.92. The van der Waals surface area contributed by atoms with Crippen LogP contribution >= 0.6 is 0 Å². The van der Waals surface area contributed by atoms with E-state index < -0.39 is 47.8 Å². The number of hydrogen-bond acceptors (Lipinski definition) is 12. The van der Waals surface area contributed by atoms with Crippen molar-refractivity contribution in [1.82, 2.24) is 0 Å². The molecule has 0 aromatic heterocycles. The lowest BCUT2D eigenvalue weighted by atomic mass is 9.98.